The Morgan fingerprint density at radius 2 is 1.46 bits per heavy atom. The topological polar surface area (TPSA) is 20.2 Å². The second kappa shape index (κ2) is 3.27. The molecule has 6 heteroatoms. The Kier molecular flexibility index (Phi) is 2.63. The molecule has 13 heavy (non-hydrogen) atoms. The van der Waals surface area contributed by atoms with Crippen molar-refractivity contribution in [2.75, 3.05) is 0 Å². The third-order valence-corrected chi connectivity index (χ3v) is 1.92. The van der Waals surface area contributed by atoms with Crippen LogP contribution in [0.1, 0.15) is 5.56 Å². The summed E-state index contributed by atoms with van der Waals surface area (Å²) in [5.41, 5.74) is -0.986. The van der Waals surface area contributed by atoms with Gasteiger partial charge in [0.25, 0.3) is 0 Å². The first-order valence-corrected chi connectivity index (χ1v) is 3.83. The van der Waals surface area contributed by atoms with Crippen LogP contribution < -0.4 is 0 Å². The normalized spacial score (nSPS) is 11.8. The van der Waals surface area contributed by atoms with Crippen LogP contribution in [0.4, 0.5) is 13.2 Å². The predicted octanol–water partition coefficient (Wildman–Crippen LogP) is 3.72. The van der Waals surface area contributed by atoms with Crippen LogP contribution in [0.3, 0.4) is 0 Å². The molecule has 0 fully saturated rings. The van der Waals surface area contributed by atoms with Crippen LogP contribution in [0.5, 0.6) is 5.75 Å². The second-order valence-electron chi connectivity index (χ2n) is 2.29. The lowest BCUT2D eigenvalue weighted by Crippen LogP contribution is -2.04. The molecule has 0 saturated heterocycles. The van der Waals surface area contributed by atoms with Gasteiger partial charge in [-0.15, -0.1) is 0 Å². The van der Waals surface area contributed by atoms with E-state index >= 15 is 0 Å². The van der Waals surface area contributed by atoms with Gasteiger partial charge in [0.15, 0.2) is 5.75 Å². The molecule has 0 spiro atoms. The van der Waals surface area contributed by atoms with Crippen LogP contribution in [0.25, 0.3) is 0 Å². The Labute approximate surface area is 81.7 Å². The Morgan fingerprint density at radius 1 is 1.08 bits per heavy atom. The summed E-state index contributed by atoms with van der Waals surface area (Å²) in [5.74, 6) is -0.545. The van der Waals surface area contributed by atoms with Crippen molar-refractivity contribution in [3.8, 4) is 5.75 Å². The number of benzene rings is 1. The molecule has 0 unspecified atom stereocenters. The van der Waals surface area contributed by atoms with Crippen molar-refractivity contribution in [1.82, 2.24) is 0 Å². The van der Waals surface area contributed by atoms with Gasteiger partial charge in [-0.05, 0) is 12.1 Å². The van der Waals surface area contributed by atoms with Crippen molar-refractivity contribution in [2.45, 2.75) is 6.18 Å². The molecule has 1 aromatic carbocycles. The lowest BCUT2D eigenvalue weighted by atomic mass is 10.2. The number of alkyl halides is 3. The maximum atomic E-state index is 12.1. The van der Waals surface area contributed by atoms with E-state index in [0.717, 1.165) is 0 Å². The molecular formula is C7H3Cl2F3O. The van der Waals surface area contributed by atoms with Crippen molar-refractivity contribution >= 4 is 23.2 Å². The summed E-state index contributed by atoms with van der Waals surface area (Å²) in [5, 5.41) is 8.13. The third kappa shape index (κ3) is 2.19. The molecule has 0 radical (unpaired) electrons. The molecule has 1 rings (SSSR count). The van der Waals surface area contributed by atoms with Gasteiger partial charge in [0.05, 0.1) is 15.6 Å². The van der Waals surface area contributed by atoms with E-state index < -0.39 is 27.5 Å². The number of aromatic hydroxyl groups is 1. The number of phenolic OH excluding ortho intramolecular Hbond substituents is 1. The Hall–Kier alpha value is -0.610. The molecular weight excluding hydrogens is 228 g/mol. The fourth-order valence-electron chi connectivity index (χ4n) is 0.729. The standard InChI is InChI=1S/C7H3Cl2F3O/c8-4-1-3(7(10,11)12)2-5(9)6(4)13/h1-2,13H. The first kappa shape index (κ1) is 10.5. The minimum absolute atomic E-state index is 0.417. The minimum Gasteiger partial charge on any atom is -0.505 e. The Morgan fingerprint density at radius 3 is 1.77 bits per heavy atom. The van der Waals surface area contributed by atoms with E-state index in [1.54, 1.807) is 0 Å². The van der Waals surface area contributed by atoms with Crippen molar-refractivity contribution < 1.29 is 18.3 Å². The van der Waals surface area contributed by atoms with Crippen LogP contribution in [0, 0.1) is 0 Å². The maximum absolute atomic E-state index is 12.1. The summed E-state index contributed by atoms with van der Waals surface area (Å²) in [6.07, 6.45) is -4.51. The largest absolute Gasteiger partial charge is 0.505 e. The number of hydrogen-bond donors (Lipinski definition) is 1. The first-order chi connectivity index (χ1) is 5.82. The molecule has 0 aliphatic carbocycles. The number of phenols is 1. The maximum Gasteiger partial charge on any atom is 0.416 e. The van der Waals surface area contributed by atoms with E-state index in [1.165, 1.54) is 0 Å². The van der Waals surface area contributed by atoms with E-state index in [0.29, 0.717) is 12.1 Å². The first-order valence-electron chi connectivity index (χ1n) is 3.07. The molecule has 0 saturated carbocycles. The summed E-state index contributed by atoms with van der Waals surface area (Å²) in [4.78, 5) is 0. The quantitative estimate of drug-likeness (QED) is 0.721. The van der Waals surface area contributed by atoms with Crippen molar-refractivity contribution in [3.63, 3.8) is 0 Å². The molecule has 0 aromatic heterocycles. The SMILES string of the molecule is Oc1c(Cl)cc(C(F)(F)F)cc1Cl. The van der Waals surface area contributed by atoms with Gasteiger partial charge in [-0.25, -0.2) is 0 Å². The van der Waals surface area contributed by atoms with Crippen LogP contribution >= 0.6 is 23.2 Å². The zero-order valence-electron chi connectivity index (χ0n) is 5.99. The van der Waals surface area contributed by atoms with Crippen molar-refractivity contribution in [2.24, 2.45) is 0 Å². The minimum atomic E-state index is -4.51. The smallest absolute Gasteiger partial charge is 0.416 e. The summed E-state index contributed by atoms with van der Waals surface area (Å²) in [7, 11) is 0. The summed E-state index contributed by atoms with van der Waals surface area (Å²) in [6, 6.07) is 1.23. The van der Waals surface area contributed by atoms with Gasteiger partial charge in [0.2, 0.25) is 0 Å². The molecule has 0 amide bonds. The molecule has 0 heterocycles. The molecule has 1 N–H and O–H groups in total. The fourth-order valence-corrected chi connectivity index (χ4v) is 1.22. The zero-order valence-corrected chi connectivity index (χ0v) is 7.50. The molecule has 0 bridgehead atoms. The highest BCUT2D eigenvalue weighted by molar-refractivity contribution is 6.37. The summed E-state index contributed by atoms with van der Waals surface area (Å²) in [6.45, 7) is 0. The Balaban J connectivity index is 3.29. The molecule has 72 valence electrons. The van der Waals surface area contributed by atoms with E-state index in [2.05, 4.69) is 0 Å². The van der Waals surface area contributed by atoms with E-state index in [4.69, 9.17) is 28.3 Å². The molecule has 0 aliphatic heterocycles. The van der Waals surface area contributed by atoms with Gasteiger partial charge in [-0.2, -0.15) is 13.2 Å². The highest BCUT2D eigenvalue weighted by Gasteiger charge is 2.31. The van der Waals surface area contributed by atoms with Crippen molar-refractivity contribution in [3.05, 3.63) is 27.7 Å². The average molecular weight is 231 g/mol. The van der Waals surface area contributed by atoms with Crippen LogP contribution in [-0.4, -0.2) is 5.11 Å². The molecule has 0 atom stereocenters. The summed E-state index contributed by atoms with van der Waals surface area (Å²) < 4.78 is 36.2. The lowest BCUT2D eigenvalue weighted by molar-refractivity contribution is -0.137. The van der Waals surface area contributed by atoms with E-state index in [1.807, 2.05) is 0 Å². The van der Waals surface area contributed by atoms with Crippen molar-refractivity contribution in [1.29, 1.82) is 0 Å². The average Bonchev–Trinajstić information content (AvgIpc) is 1.97. The molecule has 0 aliphatic rings. The second-order valence-corrected chi connectivity index (χ2v) is 3.10. The number of rotatable bonds is 0. The number of halogens is 5. The summed E-state index contributed by atoms with van der Waals surface area (Å²) >= 11 is 10.6. The van der Waals surface area contributed by atoms with Gasteiger partial charge >= 0.3 is 6.18 Å². The predicted molar refractivity (Wildman–Crippen MR) is 43.1 cm³/mol. The monoisotopic (exact) mass is 230 g/mol. The van der Waals surface area contributed by atoms with Crippen LogP contribution in [0.15, 0.2) is 12.1 Å². The van der Waals surface area contributed by atoms with Gasteiger partial charge in [-0.3, -0.25) is 0 Å². The highest BCUT2D eigenvalue weighted by atomic mass is 35.5. The third-order valence-electron chi connectivity index (χ3n) is 1.34. The zero-order chi connectivity index (χ0) is 10.2. The van der Waals surface area contributed by atoms with Gasteiger partial charge in [0, 0.05) is 0 Å². The van der Waals surface area contributed by atoms with E-state index in [9.17, 15) is 13.2 Å². The fraction of sp³-hybridized carbons (Fsp3) is 0.143. The van der Waals surface area contributed by atoms with Crippen LogP contribution in [0.2, 0.25) is 10.0 Å². The van der Waals surface area contributed by atoms with E-state index in [-0.39, 0.29) is 0 Å². The lowest BCUT2D eigenvalue weighted by Gasteiger charge is -2.08. The molecule has 1 aromatic rings. The van der Waals surface area contributed by atoms with Gasteiger partial charge < -0.3 is 5.11 Å². The van der Waals surface area contributed by atoms with Crippen LogP contribution in [-0.2, 0) is 6.18 Å². The van der Waals surface area contributed by atoms with Gasteiger partial charge in [0.1, 0.15) is 0 Å². The highest BCUT2D eigenvalue weighted by Crippen LogP contribution is 2.38. The number of hydrogen-bond acceptors (Lipinski definition) is 1. The Bertz CT molecular complexity index is 312. The van der Waals surface area contributed by atoms with Gasteiger partial charge in [-0.1, -0.05) is 23.2 Å². The molecule has 1 nitrogen and oxygen atoms in total.